The molecule has 2 N–H and O–H groups in total. The van der Waals surface area contributed by atoms with E-state index in [1.54, 1.807) is 18.4 Å². The summed E-state index contributed by atoms with van der Waals surface area (Å²) in [6.07, 6.45) is 5.14. The number of hydrogen-bond acceptors (Lipinski definition) is 2. The first kappa shape index (κ1) is 10.7. The maximum absolute atomic E-state index is 9.29. The average molecular weight is 196 g/mol. The van der Waals surface area contributed by atoms with Crippen molar-refractivity contribution in [2.45, 2.75) is 12.5 Å². The number of allylic oxidation sites excluding steroid dienone is 2. The number of halogens is 2. The van der Waals surface area contributed by atoms with Crippen molar-refractivity contribution in [3.63, 3.8) is 0 Å². The molecule has 0 saturated carbocycles. The van der Waals surface area contributed by atoms with Crippen LogP contribution >= 0.6 is 24.0 Å². The molecule has 0 radical (unpaired) electrons. The molecular formula is C7H11Cl2NO. The highest BCUT2D eigenvalue weighted by Crippen LogP contribution is 2.18. The van der Waals surface area contributed by atoms with E-state index in [9.17, 15) is 5.11 Å². The van der Waals surface area contributed by atoms with Gasteiger partial charge in [-0.25, -0.2) is 0 Å². The molecule has 64 valence electrons. The smallest absolute Gasteiger partial charge is 0.119 e. The summed E-state index contributed by atoms with van der Waals surface area (Å²) in [4.78, 5) is 0. The molecular weight excluding hydrogens is 185 g/mol. The number of dihydropyridines is 1. The molecule has 1 aliphatic heterocycles. The molecule has 4 heteroatoms. The van der Waals surface area contributed by atoms with Crippen LogP contribution in [0.25, 0.3) is 0 Å². The summed E-state index contributed by atoms with van der Waals surface area (Å²) in [6.45, 7) is 1.84. The van der Waals surface area contributed by atoms with Gasteiger partial charge in [-0.2, -0.15) is 0 Å². The van der Waals surface area contributed by atoms with Gasteiger partial charge in [0.2, 0.25) is 0 Å². The molecule has 0 aliphatic carbocycles. The van der Waals surface area contributed by atoms with Gasteiger partial charge >= 0.3 is 0 Å². The number of aliphatic hydroxyl groups excluding tert-OH is 1. The van der Waals surface area contributed by atoms with Gasteiger partial charge in [-0.1, -0.05) is 0 Å². The lowest BCUT2D eigenvalue weighted by Gasteiger charge is -2.28. The molecule has 0 aromatic heterocycles. The van der Waals surface area contributed by atoms with Gasteiger partial charge in [0.05, 0.1) is 5.88 Å². The Labute approximate surface area is 77.3 Å². The van der Waals surface area contributed by atoms with Gasteiger partial charge in [-0.3, -0.25) is 0 Å². The minimum Gasteiger partial charge on any atom is -0.510 e. The summed E-state index contributed by atoms with van der Waals surface area (Å²) >= 11 is 5.62. The number of rotatable bonds is 1. The second-order valence-corrected chi connectivity index (χ2v) is 2.79. The van der Waals surface area contributed by atoms with Crippen molar-refractivity contribution in [1.82, 2.24) is 5.32 Å². The molecule has 1 unspecified atom stereocenters. The molecule has 1 rings (SSSR count). The van der Waals surface area contributed by atoms with Crippen molar-refractivity contribution in [2.24, 2.45) is 0 Å². The molecule has 0 spiro atoms. The molecule has 0 saturated heterocycles. The van der Waals surface area contributed by atoms with E-state index >= 15 is 0 Å². The van der Waals surface area contributed by atoms with Crippen LogP contribution in [0.1, 0.15) is 6.92 Å². The van der Waals surface area contributed by atoms with E-state index in [4.69, 9.17) is 11.6 Å². The number of hydrogen-bond donors (Lipinski definition) is 2. The Balaban J connectivity index is 0.000001000. The Morgan fingerprint density at radius 3 is 2.73 bits per heavy atom. The highest BCUT2D eigenvalue weighted by molar-refractivity contribution is 6.18. The van der Waals surface area contributed by atoms with Crippen molar-refractivity contribution in [3.8, 4) is 0 Å². The molecule has 0 aromatic rings. The van der Waals surface area contributed by atoms with E-state index in [0.717, 1.165) is 0 Å². The average Bonchev–Trinajstić information content (AvgIpc) is 1.96. The molecule has 1 atom stereocenters. The normalized spacial score (nSPS) is 28.4. The van der Waals surface area contributed by atoms with E-state index in [1.807, 2.05) is 6.92 Å². The van der Waals surface area contributed by atoms with E-state index in [0.29, 0.717) is 5.88 Å². The van der Waals surface area contributed by atoms with Gasteiger partial charge in [-0.05, 0) is 25.3 Å². The van der Waals surface area contributed by atoms with Crippen LogP contribution in [0.2, 0.25) is 0 Å². The summed E-state index contributed by atoms with van der Waals surface area (Å²) in [5.41, 5.74) is -0.476. The van der Waals surface area contributed by atoms with Crippen LogP contribution in [0.4, 0.5) is 0 Å². The Hall–Kier alpha value is -0.340. The third kappa shape index (κ3) is 2.04. The summed E-state index contributed by atoms with van der Waals surface area (Å²) in [7, 11) is 0. The lowest BCUT2D eigenvalue weighted by Crippen LogP contribution is -2.44. The van der Waals surface area contributed by atoms with Gasteiger partial charge in [0.25, 0.3) is 0 Å². The predicted octanol–water partition coefficient (Wildman–Crippen LogP) is 1.96. The van der Waals surface area contributed by atoms with E-state index < -0.39 is 5.54 Å². The fourth-order valence-corrected chi connectivity index (χ4v) is 0.950. The third-order valence-corrected chi connectivity index (χ3v) is 2.12. The fraction of sp³-hybridized carbons (Fsp3) is 0.429. The maximum Gasteiger partial charge on any atom is 0.119 e. The van der Waals surface area contributed by atoms with E-state index in [1.165, 1.54) is 0 Å². The summed E-state index contributed by atoms with van der Waals surface area (Å²) < 4.78 is 0. The standard InChI is InChI=1S/C7H10ClNO.ClH/c1-7(5-8)6(10)3-2-4-9-7;/h2-4,9-10H,5H2,1H3;1H. The van der Waals surface area contributed by atoms with Gasteiger partial charge < -0.3 is 10.4 Å². The topological polar surface area (TPSA) is 32.3 Å². The van der Waals surface area contributed by atoms with E-state index in [2.05, 4.69) is 5.32 Å². The van der Waals surface area contributed by atoms with Crippen LogP contribution in [0, 0.1) is 0 Å². The Morgan fingerprint density at radius 1 is 1.73 bits per heavy atom. The zero-order chi connectivity index (χ0) is 7.61. The minimum atomic E-state index is -0.476. The van der Waals surface area contributed by atoms with Gasteiger partial charge in [-0.15, -0.1) is 24.0 Å². The van der Waals surface area contributed by atoms with Crippen LogP contribution in [0.3, 0.4) is 0 Å². The number of alkyl halides is 1. The zero-order valence-corrected chi connectivity index (χ0v) is 7.75. The van der Waals surface area contributed by atoms with E-state index in [-0.39, 0.29) is 18.2 Å². The van der Waals surface area contributed by atoms with Crippen LogP contribution in [-0.2, 0) is 0 Å². The second kappa shape index (κ2) is 3.88. The van der Waals surface area contributed by atoms with Crippen molar-refractivity contribution in [2.75, 3.05) is 5.88 Å². The largest absolute Gasteiger partial charge is 0.510 e. The highest BCUT2D eigenvalue weighted by atomic mass is 35.5. The Morgan fingerprint density at radius 2 is 2.36 bits per heavy atom. The zero-order valence-electron chi connectivity index (χ0n) is 6.17. The summed E-state index contributed by atoms with van der Waals surface area (Å²) in [5, 5.41) is 12.3. The summed E-state index contributed by atoms with van der Waals surface area (Å²) in [5.74, 6) is 0.643. The van der Waals surface area contributed by atoms with Crippen LogP contribution in [0.15, 0.2) is 24.1 Å². The monoisotopic (exact) mass is 195 g/mol. The molecule has 11 heavy (non-hydrogen) atoms. The third-order valence-electron chi connectivity index (χ3n) is 1.58. The maximum atomic E-state index is 9.29. The highest BCUT2D eigenvalue weighted by Gasteiger charge is 2.27. The predicted molar refractivity (Wildman–Crippen MR) is 49.4 cm³/mol. The first-order valence-electron chi connectivity index (χ1n) is 3.09. The quantitative estimate of drug-likeness (QED) is 0.628. The van der Waals surface area contributed by atoms with Crippen molar-refractivity contribution in [3.05, 3.63) is 24.1 Å². The van der Waals surface area contributed by atoms with Crippen LogP contribution in [-0.4, -0.2) is 16.5 Å². The second-order valence-electron chi connectivity index (χ2n) is 2.52. The van der Waals surface area contributed by atoms with Crippen LogP contribution in [0.5, 0.6) is 0 Å². The molecule has 0 bridgehead atoms. The van der Waals surface area contributed by atoms with Crippen molar-refractivity contribution in [1.29, 1.82) is 0 Å². The molecule has 0 amide bonds. The van der Waals surface area contributed by atoms with Crippen LogP contribution < -0.4 is 5.32 Å². The molecule has 0 fully saturated rings. The number of nitrogens with one attached hydrogen (secondary N) is 1. The first-order chi connectivity index (χ1) is 4.69. The molecule has 2 nitrogen and oxygen atoms in total. The fourth-order valence-electron chi connectivity index (χ4n) is 0.736. The molecule has 0 aromatic carbocycles. The minimum absolute atomic E-state index is 0. The van der Waals surface area contributed by atoms with Crippen molar-refractivity contribution >= 4 is 24.0 Å². The van der Waals surface area contributed by atoms with Crippen molar-refractivity contribution < 1.29 is 5.11 Å². The lowest BCUT2D eigenvalue weighted by molar-refractivity contribution is 0.298. The SMILES string of the molecule is CC1(CCl)NC=CC=C1O.Cl. The van der Waals surface area contributed by atoms with Gasteiger partial charge in [0, 0.05) is 0 Å². The first-order valence-corrected chi connectivity index (χ1v) is 3.62. The molecule has 1 aliphatic rings. The Bertz CT molecular complexity index is 191. The number of aliphatic hydroxyl groups is 1. The molecule has 1 heterocycles. The lowest BCUT2D eigenvalue weighted by atomic mass is 10.0. The van der Waals surface area contributed by atoms with Gasteiger partial charge in [0.15, 0.2) is 0 Å². The van der Waals surface area contributed by atoms with Gasteiger partial charge in [0.1, 0.15) is 11.3 Å². The Kier molecular flexibility index (Phi) is 3.76. The summed E-state index contributed by atoms with van der Waals surface area (Å²) in [6, 6.07) is 0.